The Bertz CT molecular complexity index is 882. The molecule has 154 valence electrons. The van der Waals surface area contributed by atoms with Crippen LogP contribution in [0.4, 0.5) is 10.5 Å². The van der Waals surface area contributed by atoms with Crippen LogP contribution in [0.5, 0.6) is 0 Å². The number of hydrogen-bond donors (Lipinski definition) is 3. The summed E-state index contributed by atoms with van der Waals surface area (Å²) in [5.74, 6) is 2.56. The highest BCUT2D eigenvalue weighted by atomic mass is 16.3. The van der Waals surface area contributed by atoms with E-state index in [-0.39, 0.29) is 29.7 Å². The second kappa shape index (κ2) is 6.93. The smallest absolute Gasteiger partial charge is 0.319 e. The van der Waals surface area contributed by atoms with Crippen molar-refractivity contribution < 1.29 is 14.0 Å². The summed E-state index contributed by atoms with van der Waals surface area (Å²) < 4.78 is 6.76. The lowest BCUT2D eigenvalue weighted by atomic mass is 9.53. The highest BCUT2D eigenvalue weighted by Gasteiger charge is 2.51. The fraction of sp³-hybridized carbons (Fsp3) is 0.571. The number of rotatable bonds is 5. The number of urea groups is 1. The number of carbonyl (C=O) groups is 2. The standard InChI is InChI=1S/C21H27N5O3/c1-26-12-17(18(25-26)19(27)22-11-16-3-2-4-29-16)23-20(28)24-21-8-13-5-14(9-21)7-15(6-13)10-21/h2-4,12-15H,5-11H2,1H3,(H,22,27)(H2,23,24,28). The van der Waals surface area contributed by atoms with Gasteiger partial charge in [0.25, 0.3) is 5.91 Å². The van der Waals surface area contributed by atoms with Crippen LogP contribution >= 0.6 is 0 Å². The number of furan rings is 1. The van der Waals surface area contributed by atoms with Crippen molar-refractivity contribution in [3.8, 4) is 0 Å². The molecule has 6 rings (SSSR count). The Morgan fingerprint density at radius 1 is 1.21 bits per heavy atom. The number of nitrogens with one attached hydrogen (secondary N) is 3. The molecule has 4 aliphatic rings. The molecule has 29 heavy (non-hydrogen) atoms. The maximum absolute atomic E-state index is 12.8. The second-order valence-electron chi connectivity index (χ2n) is 9.10. The van der Waals surface area contributed by atoms with Gasteiger partial charge in [-0.15, -0.1) is 0 Å². The number of aromatic nitrogens is 2. The molecular weight excluding hydrogens is 370 g/mol. The van der Waals surface area contributed by atoms with E-state index in [1.54, 1.807) is 31.6 Å². The monoisotopic (exact) mass is 397 g/mol. The summed E-state index contributed by atoms with van der Waals surface area (Å²) >= 11 is 0. The van der Waals surface area contributed by atoms with E-state index in [0.717, 1.165) is 37.0 Å². The van der Waals surface area contributed by atoms with Gasteiger partial charge in [0.05, 0.1) is 18.5 Å². The Hall–Kier alpha value is -2.77. The molecule has 0 saturated heterocycles. The minimum atomic E-state index is -0.355. The zero-order chi connectivity index (χ0) is 20.0. The molecular formula is C21H27N5O3. The van der Waals surface area contributed by atoms with E-state index < -0.39 is 0 Å². The van der Waals surface area contributed by atoms with Gasteiger partial charge in [-0.3, -0.25) is 9.48 Å². The molecule has 3 N–H and O–H groups in total. The predicted octanol–water partition coefficient (Wildman–Crippen LogP) is 3.03. The first-order valence-electron chi connectivity index (χ1n) is 10.4. The van der Waals surface area contributed by atoms with Crippen molar-refractivity contribution in [2.75, 3.05) is 5.32 Å². The van der Waals surface area contributed by atoms with E-state index in [4.69, 9.17) is 4.42 Å². The van der Waals surface area contributed by atoms with Crippen LogP contribution in [0.1, 0.15) is 54.8 Å². The van der Waals surface area contributed by atoms with Crippen molar-refractivity contribution in [2.45, 2.75) is 50.6 Å². The lowest BCUT2D eigenvalue weighted by Crippen LogP contribution is -2.60. The third kappa shape index (κ3) is 3.63. The van der Waals surface area contributed by atoms with Crippen LogP contribution in [-0.2, 0) is 13.6 Å². The topological polar surface area (TPSA) is 101 Å². The van der Waals surface area contributed by atoms with Crippen molar-refractivity contribution in [3.63, 3.8) is 0 Å². The fourth-order valence-electron chi connectivity index (χ4n) is 6.07. The average Bonchev–Trinajstić information content (AvgIpc) is 3.27. The molecule has 0 spiro atoms. The van der Waals surface area contributed by atoms with Crippen LogP contribution in [0.25, 0.3) is 0 Å². The first-order chi connectivity index (χ1) is 14.0. The van der Waals surface area contributed by atoms with Gasteiger partial charge in [-0.2, -0.15) is 5.10 Å². The van der Waals surface area contributed by atoms with Crippen molar-refractivity contribution in [1.82, 2.24) is 20.4 Å². The van der Waals surface area contributed by atoms with Gasteiger partial charge in [0.15, 0.2) is 5.69 Å². The fourth-order valence-corrected chi connectivity index (χ4v) is 6.07. The molecule has 0 atom stereocenters. The maximum Gasteiger partial charge on any atom is 0.319 e. The predicted molar refractivity (Wildman–Crippen MR) is 106 cm³/mol. The van der Waals surface area contributed by atoms with E-state index in [2.05, 4.69) is 21.0 Å². The van der Waals surface area contributed by atoms with Crippen LogP contribution < -0.4 is 16.0 Å². The number of carbonyl (C=O) groups excluding carboxylic acids is 2. The minimum absolute atomic E-state index is 0.0806. The van der Waals surface area contributed by atoms with Crippen LogP contribution in [-0.4, -0.2) is 27.3 Å². The van der Waals surface area contributed by atoms with Gasteiger partial charge in [-0.1, -0.05) is 0 Å². The normalized spacial score (nSPS) is 29.6. The van der Waals surface area contributed by atoms with E-state index in [9.17, 15) is 9.59 Å². The Kier molecular flexibility index (Phi) is 4.37. The average molecular weight is 397 g/mol. The molecule has 4 saturated carbocycles. The lowest BCUT2D eigenvalue weighted by molar-refractivity contribution is -0.0127. The van der Waals surface area contributed by atoms with Crippen molar-refractivity contribution in [3.05, 3.63) is 36.0 Å². The lowest BCUT2D eigenvalue weighted by Gasteiger charge is -2.56. The molecule has 0 aliphatic heterocycles. The van der Waals surface area contributed by atoms with Crippen LogP contribution in [0.3, 0.4) is 0 Å². The van der Waals surface area contributed by atoms with Gasteiger partial charge in [0, 0.05) is 18.8 Å². The van der Waals surface area contributed by atoms with Gasteiger partial charge in [-0.05, 0) is 68.4 Å². The number of amides is 3. The molecule has 4 aliphatic carbocycles. The first kappa shape index (κ1) is 18.3. The van der Waals surface area contributed by atoms with Crippen molar-refractivity contribution in [1.29, 1.82) is 0 Å². The minimum Gasteiger partial charge on any atom is -0.467 e. The highest BCUT2D eigenvalue weighted by Crippen LogP contribution is 2.55. The third-order valence-corrected chi connectivity index (χ3v) is 6.71. The van der Waals surface area contributed by atoms with Gasteiger partial charge < -0.3 is 20.4 Å². The van der Waals surface area contributed by atoms with E-state index in [1.165, 1.54) is 23.9 Å². The van der Waals surface area contributed by atoms with Gasteiger partial charge in [0.1, 0.15) is 5.76 Å². The molecule has 2 aromatic heterocycles. The zero-order valence-electron chi connectivity index (χ0n) is 16.6. The van der Waals surface area contributed by atoms with Crippen molar-refractivity contribution in [2.24, 2.45) is 24.8 Å². The Morgan fingerprint density at radius 3 is 2.52 bits per heavy atom. The molecule has 2 heterocycles. The molecule has 8 heteroatoms. The van der Waals surface area contributed by atoms with Crippen LogP contribution in [0.15, 0.2) is 29.0 Å². The van der Waals surface area contributed by atoms with Gasteiger partial charge in [0.2, 0.25) is 0 Å². The van der Waals surface area contributed by atoms with Crippen LogP contribution in [0, 0.1) is 17.8 Å². The molecule has 2 aromatic rings. The summed E-state index contributed by atoms with van der Waals surface area (Å²) in [5.41, 5.74) is 0.523. The second-order valence-corrected chi connectivity index (χ2v) is 9.10. The summed E-state index contributed by atoms with van der Waals surface area (Å²) in [6, 6.07) is 3.31. The summed E-state index contributed by atoms with van der Waals surface area (Å²) in [6.07, 6.45) is 10.4. The molecule has 0 unspecified atom stereocenters. The molecule has 0 aromatic carbocycles. The third-order valence-electron chi connectivity index (χ3n) is 6.71. The zero-order valence-corrected chi connectivity index (χ0v) is 16.6. The summed E-state index contributed by atoms with van der Waals surface area (Å²) in [4.78, 5) is 25.4. The Labute approximate surface area is 169 Å². The van der Waals surface area contributed by atoms with E-state index in [1.807, 2.05) is 0 Å². The largest absolute Gasteiger partial charge is 0.467 e. The Balaban J connectivity index is 1.25. The van der Waals surface area contributed by atoms with Gasteiger partial charge >= 0.3 is 6.03 Å². The Morgan fingerprint density at radius 2 is 1.90 bits per heavy atom. The quantitative estimate of drug-likeness (QED) is 0.722. The molecule has 3 amide bonds. The SMILES string of the molecule is Cn1cc(NC(=O)NC23CC4CC(CC(C4)C2)C3)c(C(=O)NCc2ccco2)n1. The summed E-state index contributed by atoms with van der Waals surface area (Å²) in [7, 11) is 1.73. The molecule has 4 bridgehead atoms. The number of aryl methyl sites for hydroxylation is 1. The number of nitrogens with zero attached hydrogens (tertiary/aromatic N) is 2. The molecule has 4 fully saturated rings. The van der Waals surface area contributed by atoms with Crippen LogP contribution in [0.2, 0.25) is 0 Å². The highest BCUT2D eigenvalue weighted by molar-refractivity contribution is 6.01. The summed E-state index contributed by atoms with van der Waals surface area (Å²) in [5, 5.41) is 13.1. The molecule has 0 radical (unpaired) electrons. The maximum atomic E-state index is 12.8. The first-order valence-corrected chi connectivity index (χ1v) is 10.4. The number of anilines is 1. The number of hydrogen-bond acceptors (Lipinski definition) is 4. The summed E-state index contributed by atoms with van der Waals surface area (Å²) in [6.45, 7) is 0.265. The van der Waals surface area contributed by atoms with E-state index >= 15 is 0 Å². The molecule has 8 nitrogen and oxygen atoms in total. The van der Waals surface area contributed by atoms with Gasteiger partial charge in [-0.25, -0.2) is 4.79 Å². The van der Waals surface area contributed by atoms with Crippen molar-refractivity contribution >= 4 is 17.6 Å². The van der Waals surface area contributed by atoms with E-state index in [0.29, 0.717) is 11.4 Å².